The maximum Gasteiger partial charge on any atom is 0.417 e. The summed E-state index contributed by atoms with van der Waals surface area (Å²) in [5.74, 6) is 0. The van der Waals surface area contributed by atoms with E-state index in [1.807, 2.05) is 19.9 Å². The molecule has 2 nitrogen and oxygen atoms in total. The van der Waals surface area contributed by atoms with Crippen molar-refractivity contribution in [1.82, 2.24) is 4.98 Å². The van der Waals surface area contributed by atoms with E-state index >= 15 is 0 Å². The number of pyridine rings is 1. The molecule has 19 heavy (non-hydrogen) atoms. The summed E-state index contributed by atoms with van der Waals surface area (Å²) in [6.45, 7) is 3.64. The molecule has 1 aromatic carbocycles. The fraction of sp³-hybridized carbons (Fsp3) is 0.214. The third-order valence-electron chi connectivity index (χ3n) is 3.04. The van der Waals surface area contributed by atoms with Gasteiger partial charge in [0.25, 0.3) is 0 Å². The summed E-state index contributed by atoms with van der Waals surface area (Å²) in [4.78, 5) is 13.7. The minimum absolute atomic E-state index is 0.00537. The summed E-state index contributed by atoms with van der Waals surface area (Å²) in [6, 6.07) is 5.22. The van der Waals surface area contributed by atoms with E-state index in [9.17, 15) is 18.0 Å². The Bertz CT molecular complexity index is 711. The van der Waals surface area contributed by atoms with Crippen LogP contribution in [-0.4, -0.2) is 4.98 Å². The molecular weight excluding hydrogens is 255 g/mol. The Morgan fingerprint density at radius 3 is 2.53 bits per heavy atom. The van der Waals surface area contributed by atoms with Gasteiger partial charge in [-0.2, -0.15) is 13.2 Å². The molecular formula is C14H12F3NO. The van der Waals surface area contributed by atoms with E-state index in [-0.39, 0.29) is 10.9 Å². The third-order valence-corrected chi connectivity index (χ3v) is 3.04. The molecule has 1 N–H and O–H groups in total. The van der Waals surface area contributed by atoms with Crippen LogP contribution in [0.1, 0.15) is 25.0 Å². The number of aromatic nitrogens is 1. The van der Waals surface area contributed by atoms with Gasteiger partial charge in [-0.25, -0.2) is 0 Å². The topological polar surface area (TPSA) is 32.9 Å². The van der Waals surface area contributed by atoms with E-state index in [1.54, 1.807) is 6.07 Å². The largest absolute Gasteiger partial charge is 0.417 e. The van der Waals surface area contributed by atoms with Crippen molar-refractivity contribution < 1.29 is 13.2 Å². The summed E-state index contributed by atoms with van der Waals surface area (Å²) in [7, 11) is 0. The van der Waals surface area contributed by atoms with Gasteiger partial charge in [0.15, 0.2) is 0 Å². The molecule has 0 bridgehead atoms. The molecule has 1 aromatic heterocycles. The molecule has 0 unspecified atom stereocenters. The molecule has 0 saturated heterocycles. The number of hydrogen-bond acceptors (Lipinski definition) is 1. The zero-order chi connectivity index (χ0) is 14.2. The van der Waals surface area contributed by atoms with Gasteiger partial charge in [-0.1, -0.05) is 12.1 Å². The van der Waals surface area contributed by atoms with Crippen molar-refractivity contribution in [3.63, 3.8) is 0 Å². The normalized spacial score (nSPS) is 13.0. The lowest BCUT2D eigenvalue weighted by Crippen LogP contribution is -2.13. The van der Waals surface area contributed by atoms with Crippen molar-refractivity contribution >= 4 is 16.5 Å². The van der Waals surface area contributed by atoms with Crippen molar-refractivity contribution in [1.29, 1.82) is 0 Å². The lowest BCUT2D eigenvalue weighted by molar-refractivity contribution is -0.136. The number of alkyl halides is 3. The van der Waals surface area contributed by atoms with Crippen LogP contribution in [0.25, 0.3) is 16.5 Å². The number of allylic oxidation sites excluding steroid dienone is 2. The fourth-order valence-corrected chi connectivity index (χ4v) is 1.90. The third kappa shape index (κ3) is 2.54. The van der Waals surface area contributed by atoms with Gasteiger partial charge in [-0.15, -0.1) is 0 Å². The average Bonchev–Trinajstić information content (AvgIpc) is 2.35. The van der Waals surface area contributed by atoms with Crippen molar-refractivity contribution in [2.45, 2.75) is 20.0 Å². The van der Waals surface area contributed by atoms with Crippen LogP contribution in [0.2, 0.25) is 0 Å². The SMILES string of the molecule is CC=C(C)c1ccc2[nH]c(=O)cc(C(F)(F)F)c2c1. The molecule has 0 aliphatic carbocycles. The highest BCUT2D eigenvalue weighted by molar-refractivity contribution is 5.86. The molecule has 0 spiro atoms. The van der Waals surface area contributed by atoms with Crippen LogP contribution < -0.4 is 5.56 Å². The van der Waals surface area contributed by atoms with Gasteiger partial charge in [0.2, 0.25) is 5.56 Å². The second-order valence-electron chi connectivity index (χ2n) is 4.28. The van der Waals surface area contributed by atoms with Crippen molar-refractivity contribution in [3.8, 4) is 0 Å². The number of benzene rings is 1. The maximum atomic E-state index is 12.9. The van der Waals surface area contributed by atoms with E-state index < -0.39 is 17.3 Å². The number of rotatable bonds is 1. The molecule has 2 aromatic rings. The zero-order valence-corrected chi connectivity index (χ0v) is 10.4. The van der Waals surface area contributed by atoms with Gasteiger partial charge in [0.1, 0.15) is 0 Å². The van der Waals surface area contributed by atoms with Crippen LogP contribution in [0.5, 0.6) is 0 Å². The second-order valence-corrected chi connectivity index (χ2v) is 4.28. The highest BCUT2D eigenvalue weighted by atomic mass is 19.4. The molecule has 1 heterocycles. The summed E-state index contributed by atoms with van der Waals surface area (Å²) in [5, 5.41) is 0.00537. The Balaban J connectivity index is 2.83. The summed E-state index contributed by atoms with van der Waals surface area (Å²) < 4.78 is 38.8. The minimum atomic E-state index is -4.55. The first-order chi connectivity index (χ1) is 8.82. The summed E-state index contributed by atoms with van der Waals surface area (Å²) >= 11 is 0. The molecule has 0 fully saturated rings. The van der Waals surface area contributed by atoms with Gasteiger partial charge in [0, 0.05) is 17.0 Å². The predicted octanol–water partition coefficient (Wildman–Crippen LogP) is 3.97. The molecule has 2 rings (SSSR count). The summed E-state index contributed by atoms with van der Waals surface area (Å²) in [5.41, 5.74) is 0.105. The second kappa shape index (κ2) is 4.57. The first-order valence-electron chi connectivity index (χ1n) is 5.70. The van der Waals surface area contributed by atoms with E-state index in [0.29, 0.717) is 11.6 Å². The maximum absolute atomic E-state index is 12.9. The van der Waals surface area contributed by atoms with E-state index in [0.717, 1.165) is 5.57 Å². The number of H-pyrrole nitrogens is 1. The van der Waals surface area contributed by atoms with Crippen LogP contribution in [0, 0.1) is 0 Å². The van der Waals surface area contributed by atoms with Gasteiger partial charge < -0.3 is 4.98 Å². The number of halogens is 3. The quantitative estimate of drug-likeness (QED) is 0.833. The molecule has 0 aliphatic rings. The highest BCUT2D eigenvalue weighted by Crippen LogP contribution is 2.34. The minimum Gasteiger partial charge on any atom is -0.322 e. The molecule has 0 aliphatic heterocycles. The van der Waals surface area contributed by atoms with Crippen LogP contribution in [-0.2, 0) is 6.18 Å². The Hall–Kier alpha value is -2.04. The number of nitrogens with one attached hydrogen (secondary N) is 1. The van der Waals surface area contributed by atoms with Crippen LogP contribution >= 0.6 is 0 Å². The Kier molecular flexibility index (Phi) is 3.22. The number of fused-ring (bicyclic) bond motifs is 1. The fourth-order valence-electron chi connectivity index (χ4n) is 1.90. The van der Waals surface area contributed by atoms with E-state index in [1.165, 1.54) is 12.1 Å². The zero-order valence-electron chi connectivity index (χ0n) is 10.4. The summed E-state index contributed by atoms with van der Waals surface area (Å²) in [6.07, 6.45) is -2.73. The van der Waals surface area contributed by atoms with Gasteiger partial charge in [-0.05, 0) is 37.1 Å². The van der Waals surface area contributed by atoms with Crippen LogP contribution in [0.4, 0.5) is 13.2 Å². The average molecular weight is 267 g/mol. The number of aromatic amines is 1. The smallest absolute Gasteiger partial charge is 0.322 e. The first kappa shape index (κ1) is 13.4. The monoisotopic (exact) mass is 267 g/mol. The molecule has 0 radical (unpaired) electrons. The Morgan fingerprint density at radius 2 is 1.95 bits per heavy atom. The molecule has 0 amide bonds. The Labute approximate surface area is 107 Å². The van der Waals surface area contributed by atoms with E-state index in [4.69, 9.17) is 0 Å². The number of hydrogen-bond donors (Lipinski definition) is 1. The lowest BCUT2D eigenvalue weighted by atomic mass is 10.0. The molecule has 100 valence electrons. The molecule has 5 heteroatoms. The highest BCUT2D eigenvalue weighted by Gasteiger charge is 2.33. The lowest BCUT2D eigenvalue weighted by Gasteiger charge is -2.11. The van der Waals surface area contributed by atoms with Gasteiger partial charge in [0.05, 0.1) is 5.56 Å². The molecule has 0 saturated carbocycles. The van der Waals surface area contributed by atoms with Crippen LogP contribution in [0.15, 0.2) is 35.1 Å². The van der Waals surface area contributed by atoms with E-state index in [2.05, 4.69) is 4.98 Å². The van der Waals surface area contributed by atoms with Gasteiger partial charge >= 0.3 is 6.18 Å². The molecule has 0 atom stereocenters. The predicted molar refractivity (Wildman–Crippen MR) is 68.9 cm³/mol. The standard InChI is InChI=1S/C14H12F3NO/c1-3-8(2)9-4-5-12-10(6-9)11(14(15,16)17)7-13(19)18-12/h3-7H,1-2H3,(H,18,19). The first-order valence-corrected chi connectivity index (χ1v) is 5.70. The van der Waals surface area contributed by atoms with Crippen LogP contribution in [0.3, 0.4) is 0 Å². The van der Waals surface area contributed by atoms with Crippen molar-refractivity contribution in [2.75, 3.05) is 0 Å². The van der Waals surface area contributed by atoms with Crippen molar-refractivity contribution in [2.24, 2.45) is 0 Å². The van der Waals surface area contributed by atoms with Crippen molar-refractivity contribution in [3.05, 3.63) is 51.8 Å². The Morgan fingerprint density at radius 1 is 1.26 bits per heavy atom. The van der Waals surface area contributed by atoms with Gasteiger partial charge in [-0.3, -0.25) is 4.79 Å².